The third-order valence-corrected chi connectivity index (χ3v) is 3.99. The van der Waals surface area contributed by atoms with Crippen LogP contribution in [0.15, 0.2) is 48.5 Å². The number of hydrogen-bond donors (Lipinski definition) is 1. The van der Waals surface area contributed by atoms with Gasteiger partial charge in [-0.2, -0.15) is 5.10 Å². The van der Waals surface area contributed by atoms with E-state index in [0.717, 1.165) is 27.8 Å². The summed E-state index contributed by atoms with van der Waals surface area (Å²) in [6.07, 6.45) is 0. The number of benzene rings is 2. The van der Waals surface area contributed by atoms with Crippen molar-refractivity contribution in [3.8, 4) is 11.3 Å². The van der Waals surface area contributed by atoms with Crippen LogP contribution < -0.4 is 0 Å². The molecule has 0 saturated carbocycles. The van der Waals surface area contributed by atoms with Gasteiger partial charge in [0.25, 0.3) is 0 Å². The molecule has 0 aliphatic rings. The molecule has 0 atom stereocenters. The summed E-state index contributed by atoms with van der Waals surface area (Å²) in [7, 11) is 0. The molecule has 2 heterocycles. The van der Waals surface area contributed by atoms with Crippen LogP contribution in [-0.4, -0.2) is 15.2 Å². The molecule has 0 unspecified atom stereocenters. The molecule has 0 fully saturated rings. The first-order valence-corrected chi connectivity index (χ1v) is 7.05. The first-order chi connectivity index (χ1) is 10.3. The predicted molar refractivity (Wildman–Crippen MR) is 86.3 cm³/mol. The second-order valence-electron chi connectivity index (χ2n) is 5.35. The number of fused-ring (bicyclic) bond motifs is 3. The Bertz CT molecular complexity index is 967. The molecular weight excluding hydrogens is 258 g/mol. The molecule has 3 heteroatoms. The fourth-order valence-electron chi connectivity index (χ4n) is 2.87. The SMILES string of the molecule is Cc1ccccc1-c1nc2c(C)n[nH]c2c2ccccc12. The van der Waals surface area contributed by atoms with Crippen molar-refractivity contribution in [1.29, 1.82) is 0 Å². The van der Waals surface area contributed by atoms with Gasteiger partial charge in [0, 0.05) is 16.3 Å². The van der Waals surface area contributed by atoms with Gasteiger partial charge in [0.15, 0.2) is 0 Å². The minimum Gasteiger partial charge on any atom is -0.275 e. The normalized spacial score (nSPS) is 11.3. The minimum atomic E-state index is 0.936. The van der Waals surface area contributed by atoms with Crippen LogP contribution in [0.4, 0.5) is 0 Å². The molecule has 0 saturated heterocycles. The minimum absolute atomic E-state index is 0.936. The maximum absolute atomic E-state index is 4.90. The number of nitrogens with zero attached hydrogens (tertiary/aromatic N) is 2. The van der Waals surface area contributed by atoms with E-state index >= 15 is 0 Å². The molecule has 2 aromatic heterocycles. The third-order valence-electron chi connectivity index (χ3n) is 3.99. The number of nitrogens with one attached hydrogen (secondary N) is 1. The van der Waals surface area contributed by atoms with E-state index in [9.17, 15) is 0 Å². The zero-order valence-corrected chi connectivity index (χ0v) is 12.0. The van der Waals surface area contributed by atoms with Gasteiger partial charge in [0.2, 0.25) is 0 Å². The number of rotatable bonds is 1. The summed E-state index contributed by atoms with van der Waals surface area (Å²) >= 11 is 0. The highest BCUT2D eigenvalue weighted by Gasteiger charge is 2.14. The molecule has 102 valence electrons. The lowest BCUT2D eigenvalue weighted by Gasteiger charge is -2.09. The molecule has 4 rings (SSSR count). The molecular formula is C18H15N3. The van der Waals surface area contributed by atoms with E-state index in [0.29, 0.717) is 0 Å². The maximum atomic E-state index is 4.90. The summed E-state index contributed by atoms with van der Waals surface area (Å²) in [5.41, 5.74) is 6.34. The Morgan fingerprint density at radius 2 is 1.57 bits per heavy atom. The molecule has 0 amide bonds. The van der Waals surface area contributed by atoms with Gasteiger partial charge >= 0.3 is 0 Å². The van der Waals surface area contributed by atoms with Gasteiger partial charge in [-0.3, -0.25) is 5.10 Å². The Morgan fingerprint density at radius 3 is 2.38 bits per heavy atom. The Kier molecular flexibility index (Phi) is 2.54. The van der Waals surface area contributed by atoms with Crippen LogP contribution in [0.3, 0.4) is 0 Å². The number of aromatic nitrogens is 3. The fraction of sp³-hybridized carbons (Fsp3) is 0.111. The van der Waals surface area contributed by atoms with Gasteiger partial charge in [-0.15, -0.1) is 0 Å². The number of aryl methyl sites for hydroxylation is 2. The van der Waals surface area contributed by atoms with Crippen molar-refractivity contribution in [3.05, 3.63) is 59.8 Å². The molecule has 1 N–H and O–H groups in total. The highest BCUT2D eigenvalue weighted by molar-refractivity contribution is 6.09. The fourth-order valence-corrected chi connectivity index (χ4v) is 2.87. The molecule has 0 spiro atoms. The summed E-state index contributed by atoms with van der Waals surface area (Å²) in [4.78, 5) is 4.90. The second kappa shape index (κ2) is 4.42. The topological polar surface area (TPSA) is 41.6 Å². The quantitative estimate of drug-likeness (QED) is 0.558. The van der Waals surface area contributed by atoms with Crippen molar-refractivity contribution in [2.24, 2.45) is 0 Å². The molecule has 0 bridgehead atoms. The third kappa shape index (κ3) is 1.74. The lowest BCUT2D eigenvalue weighted by Crippen LogP contribution is -1.91. The Balaban J connectivity index is 2.21. The van der Waals surface area contributed by atoms with E-state index in [1.807, 2.05) is 6.92 Å². The molecule has 2 aromatic carbocycles. The second-order valence-corrected chi connectivity index (χ2v) is 5.35. The molecule has 0 aliphatic heterocycles. The van der Waals surface area contributed by atoms with E-state index in [1.165, 1.54) is 16.5 Å². The van der Waals surface area contributed by atoms with E-state index in [4.69, 9.17) is 4.98 Å². The van der Waals surface area contributed by atoms with Gasteiger partial charge in [0.05, 0.1) is 16.9 Å². The summed E-state index contributed by atoms with van der Waals surface area (Å²) in [6, 6.07) is 16.7. The molecule has 0 aliphatic carbocycles. The zero-order valence-electron chi connectivity index (χ0n) is 12.0. The maximum Gasteiger partial charge on any atom is 0.112 e. The Morgan fingerprint density at radius 1 is 0.857 bits per heavy atom. The Labute approximate surface area is 122 Å². The van der Waals surface area contributed by atoms with Crippen molar-refractivity contribution in [1.82, 2.24) is 15.2 Å². The monoisotopic (exact) mass is 273 g/mol. The number of H-pyrrole nitrogens is 1. The average Bonchev–Trinajstić information content (AvgIpc) is 2.89. The van der Waals surface area contributed by atoms with E-state index in [-0.39, 0.29) is 0 Å². The van der Waals surface area contributed by atoms with E-state index < -0.39 is 0 Å². The van der Waals surface area contributed by atoms with Crippen molar-refractivity contribution < 1.29 is 0 Å². The predicted octanol–water partition coefficient (Wildman–Crippen LogP) is 4.39. The van der Waals surface area contributed by atoms with Crippen molar-refractivity contribution >= 4 is 21.8 Å². The molecule has 21 heavy (non-hydrogen) atoms. The summed E-state index contributed by atoms with van der Waals surface area (Å²) in [5.74, 6) is 0. The summed E-state index contributed by atoms with van der Waals surface area (Å²) in [6.45, 7) is 4.11. The van der Waals surface area contributed by atoms with Gasteiger partial charge in [-0.25, -0.2) is 4.98 Å². The zero-order chi connectivity index (χ0) is 14.4. The number of aromatic amines is 1. The lowest BCUT2D eigenvalue weighted by molar-refractivity contribution is 1.07. The summed E-state index contributed by atoms with van der Waals surface area (Å²) in [5, 5.41) is 9.75. The van der Waals surface area contributed by atoms with Crippen LogP contribution in [0.5, 0.6) is 0 Å². The number of hydrogen-bond acceptors (Lipinski definition) is 2. The van der Waals surface area contributed by atoms with Crippen LogP contribution >= 0.6 is 0 Å². The van der Waals surface area contributed by atoms with E-state index in [1.54, 1.807) is 0 Å². The van der Waals surface area contributed by atoms with Crippen LogP contribution in [0, 0.1) is 13.8 Å². The van der Waals surface area contributed by atoms with Crippen LogP contribution in [-0.2, 0) is 0 Å². The summed E-state index contributed by atoms with van der Waals surface area (Å²) < 4.78 is 0. The lowest BCUT2D eigenvalue weighted by atomic mass is 9.99. The van der Waals surface area contributed by atoms with Gasteiger partial charge in [-0.05, 0) is 19.4 Å². The van der Waals surface area contributed by atoms with Crippen molar-refractivity contribution in [2.45, 2.75) is 13.8 Å². The van der Waals surface area contributed by atoms with E-state index in [2.05, 4.69) is 65.7 Å². The Hall–Kier alpha value is -2.68. The largest absolute Gasteiger partial charge is 0.275 e. The number of pyridine rings is 1. The first-order valence-electron chi connectivity index (χ1n) is 7.05. The van der Waals surface area contributed by atoms with Crippen molar-refractivity contribution in [2.75, 3.05) is 0 Å². The highest BCUT2D eigenvalue weighted by Crippen LogP contribution is 2.33. The average molecular weight is 273 g/mol. The van der Waals surface area contributed by atoms with Gasteiger partial charge in [0.1, 0.15) is 5.52 Å². The van der Waals surface area contributed by atoms with Crippen LogP contribution in [0.25, 0.3) is 33.1 Å². The molecule has 4 aromatic rings. The van der Waals surface area contributed by atoms with Crippen molar-refractivity contribution in [3.63, 3.8) is 0 Å². The standard InChI is InChI=1S/C18H15N3/c1-11-7-3-4-8-13(11)17-14-9-5-6-10-15(14)18-16(19-17)12(2)20-21-18/h3-10H,1-2H3,(H,20,21). The van der Waals surface area contributed by atoms with Gasteiger partial charge in [-0.1, -0.05) is 48.5 Å². The molecule has 0 radical (unpaired) electrons. The molecule has 3 nitrogen and oxygen atoms in total. The highest BCUT2D eigenvalue weighted by atomic mass is 15.1. The van der Waals surface area contributed by atoms with Crippen LogP contribution in [0.2, 0.25) is 0 Å². The smallest absolute Gasteiger partial charge is 0.112 e. The first kappa shape index (κ1) is 12.1. The van der Waals surface area contributed by atoms with Gasteiger partial charge < -0.3 is 0 Å². The van der Waals surface area contributed by atoms with Crippen LogP contribution in [0.1, 0.15) is 11.3 Å².